The normalized spacial score (nSPS) is 17.2. The van der Waals surface area contributed by atoms with E-state index in [4.69, 9.17) is 5.73 Å². The summed E-state index contributed by atoms with van der Waals surface area (Å²) < 4.78 is 22.8. The highest BCUT2D eigenvalue weighted by molar-refractivity contribution is 14.0. The Kier molecular flexibility index (Phi) is 7.11. The van der Waals surface area contributed by atoms with E-state index in [1.165, 1.54) is 6.26 Å². The minimum atomic E-state index is -3.14. The lowest BCUT2D eigenvalue weighted by Gasteiger charge is -2.31. The molecular weight excluding hydrogens is 413 g/mol. The van der Waals surface area contributed by atoms with Crippen LogP contribution in [0.4, 0.5) is 0 Å². The van der Waals surface area contributed by atoms with Gasteiger partial charge in [0.15, 0.2) is 15.8 Å². The lowest BCUT2D eigenvalue weighted by Crippen LogP contribution is -2.42. The quantitative estimate of drug-likeness (QED) is 0.447. The first-order valence-electron chi connectivity index (χ1n) is 7.20. The first-order chi connectivity index (χ1) is 9.86. The van der Waals surface area contributed by atoms with Gasteiger partial charge in [-0.1, -0.05) is 19.1 Å². The number of hydrogen-bond donors (Lipinski definition) is 1. The fourth-order valence-corrected chi connectivity index (χ4v) is 2.98. The molecule has 1 heterocycles. The van der Waals surface area contributed by atoms with Crippen LogP contribution in [0.15, 0.2) is 34.2 Å². The molecule has 124 valence electrons. The lowest BCUT2D eigenvalue weighted by molar-refractivity contribution is 0.277. The molecule has 1 aromatic rings. The van der Waals surface area contributed by atoms with E-state index in [2.05, 4.69) is 16.8 Å². The maximum absolute atomic E-state index is 11.4. The number of piperidine rings is 1. The molecule has 7 heteroatoms. The molecule has 1 aromatic carbocycles. The van der Waals surface area contributed by atoms with E-state index in [0.717, 1.165) is 37.4 Å². The first-order valence-corrected chi connectivity index (χ1v) is 9.09. The Morgan fingerprint density at radius 2 is 1.82 bits per heavy atom. The molecule has 2 N–H and O–H groups in total. The number of likely N-dealkylation sites (tertiary alicyclic amines) is 1. The predicted molar refractivity (Wildman–Crippen MR) is 100 cm³/mol. The number of nitrogens with two attached hydrogens (primary N) is 1. The number of hydrogen-bond acceptors (Lipinski definition) is 3. The average Bonchev–Trinajstić information content (AvgIpc) is 2.45. The molecule has 0 atom stereocenters. The van der Waals surface area contributed by atoms with Crippen LogP contribution in [0.2, 0.25) is 0 Å². The smallest absolute Gasteiger partial charge is 0.191 e. The molecule has 0 saturated carbocycles. The van der Waals surface area contributed by atoms with Gasteiger partial charge < -0.3 is 10.6 Å². The monoisotopic (exact) mass is 437 g/mol. The van der Waals surface area contributed by atoms with Crippen molar-refractivity contribution in [2.45, 2.75) is 31.2 Å². The first kappa shape index (κ1) is 19.2. The summed E-state index contributed by atoms with van der Waals surface area (Å²) >= 11 is 0. The van der Waals surface area contributed by atoms with E-state index in [0.29, 0.717) is 17.4 Å². The van der Waals surface area contributed by atoms with Crippen LogP contribution in [-0.2, 0) is 16.4 Å². The van der Waals surface area contributed by atoms with Crippen LogP contribution >= 0.6 is 24.0 Å². The number of rotatable bonds is 3. The van der Waals surface area contributed by atoms with Gasteiger partial charge in [-0.25, -0.2) is 13.4 Å². The molecule has 1 aliphatic heterocycles. The van der Waals surface area contributed by atoms with Gasteiger partial charge in [-0.05, 0) is 36.5 Å². The summed E-state index contributed by atoms with van der Waals surface area (Å²) in [5, 5.41) is 0. The van der Waals surface area contributed by atoms with Crippen LogP contribution in [0.25, 0.3) is 0 Å². The topological polar surface area (TPSA) is 75.8 Å². The Labute approximate surface area is 149 Å². The zero-order valence-corrected chi connectivity index (χ0v) is 16.2. The summed E-state index contributed by atoms with van der Waals surface area (Å²) in [6.45, 7) is 4.66. The largest absolute Gasteiger partial charge is 0.370 e. The van der Waals surface area contributed by atoms with Crippen molar-refractivity contribution < 1.29 is 8.42 Å². The molecule has 2 rings (SSSR count). The standard InChI is InChI=1S/C15H23N3O2S.HI/c1-12-7-9-18(10-8-12)15(16)17-11-13-3-5-14(6-4-13)21(2,19)20;/h3-6,12H,7-11H2,1-2H3,(H2,16,17);1H. The van der Waals surface area contributed by atoms with Crippen molar-refractivity contribution in [2.75, 3.05) is 19.3 Å². The van der Waals surface area contributed by atoms with Gasteiger partial charge >= 0.3 is 0 Å². The second-order valence-electron chi connectivity index (χ2n) is 5.76. The predicted octanol–water partition coefficient (Wildman–Crippen LogP) is 2.25. The molecule has 0 bridgehead atoms. The molecule has 22 heavy (non-hydrogen) atoms. The fourth-order valence-electron chi connectivity index (χ4n) is 2.35. The maximum Gasteiger partial charge on any atom is 0.191 e. The van der Waals surface area contributed by atoms with Crippen LogP contribution in [-0.4, -0.2) is 38.6 Å². The molecule has 1 saturated heterocycles. The van der Waals surface area contributed by atoms with Crippen molar-refractivity contribution in [3.8, 4) is 0 Å². The Morgan fingerprint density at radius 1 is 1.27 bits per heavy atom. The third-order valence-electron chi connectivity index (χ3n) is 3.88. The molecular formula is C15H24IN3O2S. The minimum absolute atomic E-state index is 0. The van der Waals surface area contributed by atoms with Crippen molar-refractivity contribution in [2.24, 2.45) is 16.6 Å². The van der Waals surface area contributed by atoms with E-state index >= 15 is 0 Å². The van der Waals surface area contributed by atoms with E-state index in [9.17, 15) is 8.42 Å². The average molecular weight is 437 g/mol. The van der Waals surface area contributed by atoms with Crippen molar-refractivity contribution in [3.05, 3.63) is 29.8 Å². The van der Waals surface area contributed by atoms with Crippen molar-refractivity contribution >= 4 is 39.8 Å². The third kappa shape index (κ3) is 5.42. The molecule has 0 radical (unpaired) electrons. The molecule has 0 unspecified atom stereocenters. The van der Waals surface area contributed by atoms with Gasteiger partial charge in [0.25, 0.3) is 0 Å². The highest BCUT2D eigenvalue weighted by Gasteiger charge is 2.16. The number of sulfone groups is 1. The van der Waals surface area contributed by atoms with Crippen LogP contribution in [0.1, 0.15) is 25.3 Å². The second-order valence-corrected chi connectivity index (χ2v) is 7.78. The number of halogens is 1. The van der Waals surface area contributed by atoms with E-state index in [1.54, 1.807) is 24.3 Å². The zero-order chi connectivity index (χ0) is 15.5. The summed E-state index contributed by atoms with van der Waals surface area (Å²) in [4.78, 5) is 6.85. The van der Waals surface area contributed by atoms with Gasteiger partial charge in [-0.2, -0.15) is 0 Å². The van der Waals surface area contributed by atoms with Gasteiger partial charge in [0.1, 0.15) is 0 Å². The van der Waals surface area contributed by atoms with Crippen molar-refractivity contribution in [3.63, 3.8) is 0 Å². The van der Waals surface area contributed by atoms with E-state index < -0.39 is 9.84 Å². The third-order valence-corrected chi connectivity index (χ3v) is 5.01. The highest BCUT2D eigenvalue weighted by atomic mass is 127. The van der Waals surface area contributed by atoms with Crippen LogP contribution in [0.3, 0.4) is 0 Å². The fraction of sp³-hybridized carbons (Fsp3) is 0.533. The number of nitrogens with zero attached hydrogens (tertiary/aromatic N) is 2. The van der Waals surface area contributed by atoms with Crippen LogP contribution in [0, 0.1) is 5.92 Å². The number of aliphatic imine (C=N–C) groups is 1. The van der Waals surface area contributed by atoms with Crippen LogP contribution in [0.5, 0.6) is 0 Å². The molecule has 0 spiro atoms. The highest BCUT2D eigenvalue weighted by Crippen LogP contribution is 2.16. The van der Waals surface area contributed by atoms with Gasteiger partial charge in [0, 0.05) is 19.3 Å². The molecule has 0 aliphatic carbocycles. The van der Waals surface area contributed by atoms with Gasteiger partial charge in [-0.15, -0.1) is 24.0 Å². The molecule has 1 fully saturated rings. The number of guanidine groups is 1. The van der Waals surface area contributed by atoms with E-state index in [1.807, 2.05) is 0 Å². The molecule has 1 aliphatic rings. The Hall–Kier alpha value is -0.830. The Balaban J connectivity index is 0.00000242. The molecule has 0 aromatic heterocycles. The second kappa shape index (κ2) is 8.14. The van der Waals surface area contributed by atoms with Gasteiger partial charge in [0.2, 0.25) is 0 Å². The molecule has 5 nitrogen and oxygen atoms in total. The van der Waals surface area contributed by atoms with Crippen molar-refractivity contribution in [1.29, 1.82) is 0 Å². The summed E-state index contributed by atoms with van der Waals surface area (Å²) in [5.74, 6) is 1.34. The Morgan fingerprint density at radius 3 is 2.32 bits per heavy atom. The lowest BCUT2D eigenvalue weighted by atomic mass is 10.00. The molecule has 0 amide bonds. The SMILES string of the molecule is CC1CCN(C(N)=NCc2ccc(S(C)(=O)=O)cc2)CC1.I. The summed E-state index contributed by atoms with van der Waals surface area (Å²) in [6.07, 6.45) is 3.51. The van der Waals surface area contributed by atoms with Crippen LogP contribution < -0.4 is 5.73 Å². The number of benzene rings is 1. The zero-order valence-electron chi connectivity index (χ0n) is 13.0. The minimum Gasteiger partial charge on any atom is -0.370 e. The summed E-state index contributed by atoms with van der Waals surface area (Å²) in [7, 11) is -3.14. The summed E-state index contributed by atoms with van der Waals surface area (Å²) in [5.41, 5.74) is 6.98. The van der Waals surface area contributed by atoms with Crippen molar-refractivity contribution in [1.82, 2.24) is 4.90 Å². The van der Waals surface area contributed by atoms with E-state index in [-0.39, 0.29) is 24.0 Å². The van der Waals surface area contributed by atoms with Gasteiger partial charge in [-0.3, -0.25) is 0 Å². The van der Waals surface area contributed by atoms with Gasteiger partial charge in [0.05, 0.1) is 11.4 Å². The maximum atomic E-state index is 11.4. The summed E-state index contributed by atoms with van der Waals surface area (Å²) in [6, 6.07) is 6.79. The Bertz CT molecular complexity index is 606.